The zero-order valence-electron chi connectivity index (χ0n) is 16.0. The van der Waals surface area contributed by atoms with Crippen molar-refractivity contribution in [3.8, 4) is 0 Å². The van der Waals surface area contributed by atoms with E-state index in [1.165, 1.54) is 44.9 Å². The van der Waals surface area contributed by atoms with Crippen LogP contribution in [0.15, 0.2) is 0 Å². The van der Waals surface area contributed by atoms with Crippen molar-refractivity contribution >= 4 is 17.9 Å². The maximum Gasteiger partial charge on any atom is 0.323 e. The minimum absolute atomic E-state index is 0.143. The van der Waals surface area contributed by atoms with Crippen molar-refractivity contribution in [1.29, 1.82) is 0 Å². The van der Waals surface area contributed by atoms with Crippen molar-refractivity contribution in [2.75, 3.05) is 0 Å². The van der Waals surface area contributed by atoms with Crippen LogP contribution in [0, 0.1) is 0 Å². The van der Waals surface area contributed by atoms with E-state index in [1.54, 1.807) is 0 Å². The molecule has 0 fully saturated rings. The van der Waals surface area contributed by atoms with Crippen LogP contribution in [0.3, 0.4) is 0 Å². The fraction of sp³-hybridized carbons (Fsp3) is 0.842. The summed E-state index contributed by atoms with van der Waals surface area (Å²) in [6, 6.07) is -1.58. The molecule has 0 radical (unpaired) electrons. The highest BCUT2D eigenvalue weighted by Crippen LogP contribution is 2.12. The van der Waals surface area contributed by atoms with Crippen molar-refractivity contribution < 1.29 is 29.3 Å². The molecule has 0 aliphatic carbocycles. The summed E-state index contributed by atoms with van der Waals surface area (Å²) in [5, 5.41) is 18.0. The Balaban J connectivity index is 3.57. The molecule has 1 unspecified atom stereocenters. The molecule has 0 rings (SSSR count). The first kappa shape index (κ1) is 24.5. The lowest BCUT2D eigenvalue weighted by Crippen LogP contribution is -2.43. The second-order valence-corrected chi connectivity index (χ2v) is 6.77. The lowest BCUT2D eigenvalue weighted by Gasteiger charge is -2.13. The Morgan fingerprint density at radius 3 is 1.77 bits per heavy atom. The van der Waals surface area contributed by atoms with E-state index in [4.69, 9.17) is 10.8 Å². The van der Waals surface area contributed by atoms with Gasteiger partial charge in [-0.05, 0) is 6.42 Å². The number of aliphatic hydroxyl groups is 1. The number of aliphatic hydroxyl groups excluding tert-OH is 1. The fourth-order valence-electron chi connectivity index (χ4n) is 2.62. The number of ether oxygens (including phenoxy) is 1. The summed E-state index contributed by atoms with van der Waals surface area (Å²) in [5.74, 6) is -3.03. The predicted octanol–water partition coefficient (Wildman–Crippen LogP) is 2.92. The maximum atomic E-state index is 11.5. The van der Waals surface area contributed by atoms with Gasteiger partial charge in [-0.25, -0.2) is 0 Å². The van der Waals surface area contributed by atoms with Gasteiger partial charge in [-0.2, -0.15) is 0 Å². The minimum atomic E-state index is -1.58. The summed E-state index contributed by atoms with van der Waals surface area (Å²) in [4.78, 5) is 33.5. The van der Waals surface area contributed by atoms with E-state index in [0.29, 0.717) is 6.42 Å². The molecule has 0 spiro atoms. The Hall–Kier alpha value is -1.47. The van der Waals surface area contributed by atoms with Gasteiger partial charge in [-0.1, -0.05) is 71.1 Å². The number of nitrogens with two attached hydrogens (primary N) is 1. The Bertz CT molecular complexity index is 413. The Kier molecular flexibility index (Phi) is 14.9. The Morgan fingerprint density at radius 2 is 1.31 bits per heavy atom. The number of carboxylic acid groups (broad SMARTS) is 1. The first-order chi connectivity index (χ1) is 12.4. The average Bonchev–Trinajstić information content (AvgIpc) is 2.58. The van der Waals surface area contributed by atoms with Gasteiger partial charge in [-0.15, -0.1) is 0 Å². The summed E-state index contributed by atoms with van der Waals surface area (Å²) in [6.07, 6.45) is 10.7. The number of unbranched alkanes of at least 4 members (excludes halogenated alkanes) is 10. The fourth-order valence-corrected chi connectivity index (χ4v) is 2.62. The minimum Gasteiger partial charge on any atom is -0.480 e. The third-order valence-corrected chi connectivity index (χ3v) is 4.29. The molecule has 0 saturated carbocycles. The van der Waals surface area contributed by atoms with Crippen molar-refractivity contribution in [2.45, 2.75) is 103 Å². The zero-order valence-corrected chi connectivity index (χ0v) is 16.0. The molecule has 152 valence electrons. The molecule has 0 bridgehead atoms. The standard InChI is InChI=1S/C19H35NO6/c1-2-3-4-5-6-7-8-9-10-11-12-13-16(22)26-17(23)14-15(21)18(20)19(24)25/h15,18,21H,2-14,20H2,1H3,(H,24,25)/t15?,18-/m0/s1. The number of carbonyl (C=O) groups is 3. The number of hydrogen-bond donors (Lipinski definition) is 3. The highest BCUT2D eigenvalue weighted by atomic mass is 16.6. The number of carbonyl (C=O) groups excluding carboxylic acids is 2. The van der Waals surface area contributed by atoms with Gasteiger partial charge in [0.2, 0.25) is 0 Å². The Labute approximate surface area is 156 Å². The van der Waals surface area contributed by atoms with E-state index >= 15 is 0 Å². The summed E-state index contributed by atoms with van der Waals surface area (Å²) >= 11 is 0. The summed E-state index contributed by atoms with van der Waals surface area (Å²) in [6.45, 7) is 2.21. The van der Waals surface area contributed by atoms with Gasteiger partial charge in [0.05, 0.1) is 12.5 Å². The smallest absolute Gasteiger partial charge is 0.323 e. The van der Waals surface area contributed by atoms with Crippen LogP contribution in [0.4, 0.5) is 0 Å². The van der Waals surface area contributed by atoms with Crippen LogP contribution in [-0.2, 0) is 19.1 Å². The molecule has 26 heavy (non-hydrogen) atoms. The van der Waals surface area contributed by atoms with Gasteiger partial charge >= 0.3 is 17.9 Å². The van der Waals surface area contributed by atoms with Crippen LogP contribution < -0.4 is 5.73 Å². The Morgan fingerprint density at radius 1 is 0.846 bits per heavy atom. The number of carboxylic acids is 1. The van der Waals surface area contributed by atoms with E-state index in [9.17, 15) is 19.5 Å². The highest BCUT2D eigenvalue weighted by Gasteiger charge is 2.25. The number of aliphatic carboxylic acids is 1. The van der Waals surface area contributed by atoms with Crippen LogP contribution >= 0.6 is 0 Å². The van der Waals surface area contributed by atoms with Crippen molar-refractivity contribution in [2.24, 2.45) is 5.73 Å². The van der Waals surface area contributed by atoms with Crippen molar-refractivity contribution in [1.82, 2.24) is 0 Å². The molecule has 0 aliphatic heterocycles. The van der Waals surface area contributed by atoms with E-state index in [1.807, 2.05) is 0 Å². The summed E-state index contributed by atoms with van der Waals surface area (Å²) < 4.78 is 4.56. The highest BCUT2D eigenvalue weighted by molar-refractivity contribution is 5.86. The van der Waals surface area contributed by atoms with Crippen LogP contribution in [0.1, 0.15) is 90.4 Å². The van der Waals surface area contributed by atoms with Gasteiger partial charge in [0.1, 0.15) is 6.04 Å². The first-order valence-electron chi connectivity index (χ1n) is 9.78. The molecule has 0 aromatic rings. The molecule has 2 atom stereocenters. The number of esters is 2. The third kappa shape index (κ3) is 13.8. The normalized spacial score (nSPS) is 13.2. The predicted molar refractivity (Wildman–Crippen MR) is 98.4 cm³/mol. The SMILES string of the molecule is CCCCCCCCCCCCCC(=O)OC(=O)CC(O)[C@H](N)C(=O)O. The monoisotopic (exact) mass is 373 g/mol. The largest absolute Gasteiger partial charge is 0.480 e. The molecule has 4 N–H and O–H groups in total. The molecule has 0 amide bonds. The molecule has 0 aliphatic rings. The number of hydrogen-bond acceptors (Lipinski definition) is 6. The molecule has 0 aromatic carbocycles. The maximum absolute atomic E-state index is 11.5. The lowest BCUT2D eigenvalue weighted by molar-refractivity contribution is -0.161. The van der Waals surface area contributed by atoms with Gasteiger partial charge in [-0.3, -0.25) is 14.4 Å². The molecule has 0 aromatic heterocycles. The molecular weight excluding hydrogens is 338 g/mol. The van der Waals surface area contributed by atoms with E-state index in [-0.39, 0.29) is 6.42 Å². The molecule has 7 nitrogen and oxygen atoms in total. The van der Waals surface area contributed by atoms with Crippen LogP contribution in [0.25, 0.3) is 0 Å². The van der Waals surface area contributed by atoms with E-state index in [0.717, 1.165) is 19.3 Å². The second kappa shape index (κ2) is 15.8. The molecule has 7 heteroatoms. The average molecular weight is 373 g/mol. The van der Waals surface area contributed by atoms with E-state index in [2.05, 4.69) is 11.7 Å². The second-order valence-electron chi connectivity index (χ2n) is 6.77. The van der Waals surface area contributed by atoms with Crippen LogP contribution in [-0.4, -0.2) is 40.3 Å². The molecule has 0 heterocycles. The summed E-state index contributed by atoms with van der Waals surface area (Å²) in [5.41, 5.74) is 5.18. The van der Waals surface area contributed by atoms with Crippen molar-refractivity contribution in [3.05, 3.63) is 0 Å². The molecule has 0 saturated heterocycles. The quantitative estimate of drug-likeness (QED) is 0.216. The van der Waals surface area contributed by atoms with Gasteiger partial charge in [0.15, 0.2) is 0 Å². The van der Waals surface area contributed by atoms with Crippen LogP contribution in [0.2, 0.25) is 0 Å². The topological polar surface area (TPSA) is 127 Å². The van der Waals surface area contributed by atoms with Gasteiger partial charge in [0.25, 0.3) is 0 Å². The van der Waals surface area contributed by atoms with Gasteiger partial charge < -0.3 is 20.7 Å². The van der Waals surface area contributed by atoms with Crippen LogP contribution in [0.5, 0.6) is 0 Å². The van der Waals surface area contributed by atoms with E-state index < -0.39 is 36.5 Å². The van der Waals surface area contributed by atoms with Gasteiger partial charge in [0, 0.05) is 6.42 Å². The first-order valence-corrected chi connectivity index (χ1v) is 9.78. The third-order valence-electron chi connectivity index (χ3n) is 4.29. The van der Waals surface area contributed by atoms with Crippen molar-refractivity contribution in [3.63, 3.8) is 0 Å². The molecular formula is C19H35NO6. The lowest BCUT2D eigenvalue weighted by atomic mass is 10.1. The number of rotatable bonds is 16. The summed E-state index contributed by atoms with van der Waals surface area (Å²) in [7, 11) is 0. The zero-order chi connectivity index (χ0) is 19.8.